The van der Waals surface area contributed by atoms with Crippen LogP contribution in [-0.2, 0) is 0 Å². The summed E-state index contributed by atoms with van der Waals surface area (Å²) < 4.78 is 0. The monoisotopic (exact) mass is 299 g/mol. The molecule has 0 spiro atoms. The van der Waals surface area contributed by atoms with E-state index in [4.69, 9.17) is 0 Å². The Kier molecular flexibility index (Phi) is 2.89. The van der Waals surface area contributed by atoms with Crippen molar-refractivity contribution in [3.8, 4) is 11.5 Å². The Labute approximate surface area is 126 Å². The molecule has 2 aromatic rings. The van der Waals surface area contributed by atoms with Gasteiger partial charge in [0.25, 0.3) is 0 Å². The topological polar surface area (TPSA) is 93.3 Å². The van der Waals surface area contributed by atoms with Crippen molar-refractivity contribution < 1.29 is 20.4 Å². The van der Waals surface area contributed by atoms with Gasteiger partial charge in [0.2, 0.25) is 0 Å². The van der Waals surface area contributed by atoms with Crippen molar-refractivity contribution >= 4 is 16.3 Å². The molecule has 4 rings (SSSR count). The van der Waals surface area contributed by atoms with Crippen molar-refractivity contribution in [3.05, 3.63) is 34.8 Å². The summed E-state index contributed by atoms with van der Waals surface area (Å²) in [5.74, 6) is -0.201. The van der Waals surface area contributed by atoms with Crippen molar-refractivity contribution in [2.24, 2.45) is 10.9 Å². The Morgan fingerprint density at radius 3 is 2.59 bits per heavy atom. The average molecular weight is 299 g/mol. The molecule has 1 saturated carbocycles. The first-order valence-electron chi connectivity index (χ1n) is 7.43. The largest absolute Gasteiger partial charge is 0.504 e. The minimum absolute atomic E-state index is 0.118. The Morgan fingerprint density at radius 1 is 1.00 bits per heavy atom. The second kappa shape index (κ2) is 4.69. The molecule has 22 heavy (non-hydrogen) atoms. The smallest absolute Gasteiger partial charge is 0.158 e. The number of fused-ring (bicyclic) bond motifs is 4. The fraction of sp³-hybridized carbons (Fsp3) is 0.353. The predicted octanol–water partition coefficient (Wildman–Crippen LogP) is 0.167. The molecule has 1 heterocycles. The van der Waals surface area contributed by atoms with Gasteiger partial charge in [0.15, 0.2) is 11.5 Å². The first kappa shape index (κ1) is 13.5. The predicted molar refractivity (Wildman–Crippen MR) is 81.1 cm³/mol. The highest BCUT2D eigenvalue weighted by molar-refractivity contribution is 5.88. The summed E-state index contributed by atoms with van der Waals surface area (Å²) in [5.41, 5.74) is 1.08. The zero-order valence-electron chi connectivity index (χ0n) is 11.9. The Hall–Kier alpha value is -2.11. The van der Waals surface area contributed by atoms with Crippen LogP contribution < -0.4 is 10.6 Å². The first-order valence-corrected chi connectivity index (χ1v) is 7.43. The maximum atomic E-state index is 10.0. The van der Waals surface area contributed by atoms with Crippen LogP contribution in [0.4, 0.5) is 0 Å². The molecule has 4 N–H and O–H groups in total. The molecule has 0 aromatic heterocycles. The van der Waals surface area contributed by atoms with E-state index in [0.29, 0.717) is 19.4 Å². The highest BCUT2D eigenvalue weighted by Gasteiger charge is 2.33. The fourth-order valence-corrected chi connectivity index (χ4v) is 3.62. The summed E-state index contributed by atoms with van der Waals surface area (Å²) in [4.78, 5) is 4.58. The number of phenols is 2. The molecule has 1 aliphatic heterocycles. The molecule has 2 aromatic carbocycles. The molecule has 114 valence electrons. The minimum atomic E-state index is -0.766. The van der Waals surface area contributed by atoms with Crippen LogP contribution in [0.2, 0.25) is 0 Å². The van der Waals surface area contributed by atoms with E-state index in [-0.39, 0.29) is 17.4 Å². The Bertz CT molecular complexity index is 890. The Balaban J connectivity index is 2.09. The third kappa shape index (κ3) is 1.90. The van der Waals surface area contributed by atoms with Gasteiger partial charge in [-0.2, -0.15) is 0 Å². The molecule has 5 nitrogen and oxygen atoms in total. The van der Waals surface area contributed by atoms with Crippen LogP contribution in [0.1, 0.15) is 12.8 Å². The van der Waals surface area contributed by atoms with Gasteiger partial charge in [-0.1, -0.05) is 11.6 Å². The van der Waals surface area contributed by atoms with E-state index in [1.165, 1.54) is 6.07 Å². The molecular weight excluding hydrogens is 282 g/mol. The lowest BCUT2D eigenvalue weighted by molar-refractivity contribution is 0.000136. The van der Waals surface area contributed by atoms with Gasteiger partial charge >= 0.3 is 0 Å². The second-order valence-electron chi connectivity index (χ2n) is 6.16. The number of nitrogens with zero attached hydrogens (tertiary/aromatic N) is 1. The summed E-state index contributed by atoms with van der Waals surface area (Å²) in [5, 5.41) is 42.8. The number of benzene rings is 2. The summed E-state index contributed by atoms with van der Waals surface area (Å²) >= 11 is 0. The second-order valence-corrected chi connectivity index (χ2v) is 6.16. The standard InChI is InChI=1S/C17H17NO4/c19-13-3-8-1-2-12-17(10(8)5-15(13)21)11-6-16(22)14(20)4-9(11)7-18-12/h1-3,5,9,14,16,19-22H,4,6-7H2. The maximum Gasteiger partial charge on any atom is 0.158 e. The normalized spacial score (nSPS) is 27.2. The molecule has 2 aliphatic rings. The van der Waals surface area contributed by atoms with Crippen molar-refractivity contribution in [2.75, 3.05) is 6.54 Å². The highest BCUT2D eigenvalue weighted by Crippen LogP contribution is 2.33. The van der Waals surface area contributed by atoms with Gasteiger partial charge in [-0.25, -0.2) is 0 Å². The maximum absolute atomic E-state index is 10.0. The Morgan fingerprint density at radius 2 is 1.77 bits per heavy atom. The van der Waals surface area contributed by atoms with Gasteiger partial charge in [0, 0.05) is 17.7 Å². The van der Waals surface area contributed by atoms with E-state index >= 15 is 0 Å². The van der Waals surface area contributed by atoms with E-state index in [1.807, 2.05) is 12.1 Å². The van der Waals surface area contributed by atoms with E-state index in [9.17, 15) is 20.4 Å². The van der Waals surface area contributed by atoms with Gasteiger partial charge in [0.05, 0.1) is 17.6 Å². The summed E-state index contributed by atoms with van der Waals surface area (Å²) in [6, 6.07) is 6.84. The summed E-state index contributed by atoms with van der Waals surface area (Å²) in [7, 11) is 0. The van der Waals surface area contributed by atoms with Gasteiger partial charge < -0.3 is 20.4 Å². The lowest BCUT2D eigenvalue weighted by Gasteiger charge is -2.33. The molecule has 1 fully saturated rings. The summed E-state index contributed by atoms with van der Waals surface area (Å²) in [6.07, 6.45) is -0.564. The number of rotatable bonds is 0. The minimum Gasteiger partial charge on any atom is -0.504 e. The van der Waals surface area contributed by atoms with Crippen LogP contribution in [0, 0.1) is 5.92 Å². The number of phenolic OH excluding ortho intramolecular Hbond substituents is 2. The molecule has 5 heteroatoms. The van der Waals surface area contributed by atoms with Crippen LogP contribution in [-0.4, -0.2) is 39.2 Å². The molecule has 3 unspecified atom stereocenters. The van der Waals surface area contributed by atoms with Gasteiger partial charge in [-0.3, -0.25) is 4.99 Å². The molecule has 0 radical (unpaired) electrons. The molecule has 1 aliphatic carbocycles. The van der Waals surface area contributed by atoms with Crippen molar-refractivity contribution in [1.29, 1.82) is 0 Å². The van der Waals surface area contributed by atoms with Crippen LogP contribution in [0.5, 0.6) is 11.5 Å². The number of hydrogen-bond acceptors (Lipinski definition) is 5. The highest BCUT2D eigenvalue weighted by atomic mass is 16.3. The van der Waals surface area contributed by atoms with Crippen LogP contribution in [0.15, 0.2) is 29.3 Å². The van der Waals surface area contributed by atoms with Crippen molar-refractivity contribution in [1.82, 2.24) is 0 Å². The van der Waals surface area contributed by atoms with E-state index in [0.717, 1.165) is 26.9 Å². The molecular formula is C17H17NO4. The van der Waals surface area contributed by atoms with Crippen molar-refractivity contribution in [3.63, 3.8) is 0 Å². The van der Waals surface area contributed by atoms with Crippen LogP contribution in [0.3, 0.4) is 0 Å². The molecule has 3 atom stereocenters. The molecule has 0 saturated heterocycles. The van der Waals surface area contributed by atoms with Crippen LogP contribution >= 0.6 is 0 Å². The lowest BCUT2D eigenvalue weighted by Crippen LogP contribution is -2.43. The van der Waals surface area contributed by atoms with E-state index < -0.39 is 12.2 Å². The number of hydrogen-bond donors (Lipinski definition) is 4. The average Bonchev–Trinajstić information content (AvgIpc) is 2.49. The number of aromatic hydroxyl groups is 2. The SMILES string of the molecule is Oc1cc2ccc3c(c2cc1O)=C1CC(O)C(O)CC1CN=3. The molecule has 0 amide bonds. The quantitative estimate of drug-likeness (QED) is 0.522. The van der Waals surface area contributed by atoms with Crippen molar-refractivity contribution in [2.45, 2.75) is 25.0 Å². The van der Waals surface area contributed by atoms with E-state index in [1.54, 1.807) is 6.07 Å². The van der Waals surface area contributed by atoms with Gasteiger partial charge in [-0.05, 0) is 41.8 Å². The fourth-order valence-electron chi connectivity index (χ4n) is 3.62. The lowest BCUT2D eigenvalue weighted by atomic mass is 9.78. The van der Waals surface area contributed by atoms with Gasteiger partial charge in [0.1, 0.15) is 0 Å². The van der Waals surface area contributed by atoms with E-state index in [2.05, 4.69) is 4.99 Å². The first-order chi connectivity index (χ1) is 10.5. The summed E-state index contributed by atoms with van der Waals surface area (Å²) in [6.45, 7) is 0.613. The molecule has 0 bridgehead atoms. The van der Waals surface area contributed by atoms with Crippen LogP contribution in [0.25, 0.3) is 16.3 Å². The zero-order valence-corrected chi connectivity index (χ0v) is 11.9. The zero-order chi connectivity index (χ0) is 15.4. The third-order valence-electron chi connectivity index (χ3n) is 4.79. The van der Waals surface area contributed by atoms with Gasteiger partial charge in [-0.15, -0.1) is 0 Å². The third-order valence-corrected chi connectivity index (χ3v) is 4.79. The number of aliphatic hydroxyl groups is 2. The number of aliphatic hydroxyl groups excluding tert-OH is 2.